The summed E-state index contributed by atoms with van der Waals surface area (Å²) in [6.45, 7) is 3.28. The molecule has 0 N–H and O–H groups in total. The first-order chi connectivity index (χ1) is 12.5. The van der Waals surface area contributed by atoms with Gasteiger partial charge in [-0.05, 0) is 13.8 Å². The van der Waals surface area contributed by atoms with Crippen LogP contribution in [-0.4, -0.2) is 41.8 Å². The molecule has 27 heavy (non-hydrogen) atoms. The van der Waals surface area contributed by atoms with Crippen molar-refractivity contribution in [2.75, 3.05) is 30.9 Å². The van der Waals surface area contributed by atoms with Crippen molar-refractivity contribution in [1.29, 1.82) is 0 Å². The Morgan fingerprint density at radius 3 is 2.15 bits per heavy atom. The molecule has 1 rings (SSSR count). The Bertz CT molecular complexity index is 753. The molecule has 150 valence electrons. The summed E-state index contributed by atoms with van der Waals surface area (Å²) in [7, 11) is 1.01. The average molecular weight is 411 g/mol. The minimum Gasteiger partial charge on any atom is -0.468 e. The van der Waals surface area contributed by atoms with E-state index < -0.39 is 55.3 Å². The number of carbonyl (C=O) groups excluding carboxylic acids is 1. The van der Waals surface area contributed by atoms with E-state index in [1.54, 1.807) is 13.8 Å². The normalized spacial score (nSPS) is 11.2. The number of nitro groups is 2. The predicted octanol–water partition coefficient (Wildman–Crippen LogP) is 3.63. The lowest BCUT2D eigenvalue weighted by Crippen LogP contribution is -2.25. The highest BCUT2D eigenvalue weighted by molar-refractivity contribution is 8.00. The molecule has 0 aliphatic carbocycles. The molecule has 0 saturated heterocycles. The number of hydrogen-bond donors (Lipinski definition) is 0. The number of nitrogens with zero attached hydrogens (tertiary/aromatic N) is 3. The fourth-order valence-electron chi connectivity index (χ4n) is 2.33. The van der Waals surface area contributed by atoms with E-state index in [-0.39, 0.29) is 30.9 Å². The number of nitro benzene ring substituents is 2. The van der Waals surface area contributed by atoms with Gasteiger partial charge in [0.1, 0.15) is 4.90 Å². The van der Waals surface area contributed by atoms with Crippen molar-refractivity contribution in [3.8, 4) is 0 Å². The van der Waals surface area contributed by atoms with Gasteiger partial charge in [0.15, 0.2) is 5.69 Å². The van der Waals surface area contributed by atoms with Gasteiger partial charge in [-0.25, -0.2) is 0 Å². The third-order valence-electron chi connectivity index (χ3n) is 3.53. The van der Waals surface area contributed by atoms with Crippen LogP contribution in [-0.2, 0) is 15.7 Å². The number of halogens is 3. The summed E-state index contributed by atoms with van der Waals surface area (Å²) in [4.78, 5) is 32.4. The van der Waals surface area contributed by atoms with E-state index in [1.165, 1.54) is 4.90 Å². The highest BCUT2D eigenvalue weighted by Gasteiger charge is 2.43. The number of methoxy groups -OCH3 is 1. The molecule has 0 bridgehead atoms. The number of ether oxygens (including phenoxy) is 1. The summed E-state index contributed by atoms with van der Waals surface area (Å²) >= 11 is 0.249. The van der Waals surface area contributed by atoms with Gasteiger partial charge in [-0.15, -0.1) is 11.8 Å². The number of benzene rings is 1. The number of anilines is 1. The summed E-state index contributed by atoms with van der Waals surface area (Å²) in [5.41, 5.74) is -4.17. The van der Waals surface area contributed by atoms with E-state index in [9.17, 15) is 38.2 Å². The van der Waals surface area contributed by atoms with Crippen LogP contribution in [0.4, 0.5) is 30.2 Å². The van der Waals surface area contributed by atoms with Crippen molar-refractivity contribution >= 4 is 34.8 Å². The summed E-state index contributed by atoms with van der Waals surface area (Å²) in [6.07, 6.45) is -5.10. The molecule has 0 atom stereocenters. The van der Waals surface area contributed by atoms with Crippen LogP contribution in [0.5, 0.6) is 0 Å². The second-order valence-corrected chi connectivity index (χ2v) is 6.00. The molecule has 0 amide bonds. The maximum Gasteiger partial charge on any atom is 0.417 e. The van der Waals surface area contributed by atoms with Crippen LogP contribution in [0, 0.1) is 20.2 Å². The largest absolute Gasteiger partial charge is 0.468 e. The Labute approximate surface area is 155 Å². The van der Waals surface area contributed by atoms with Crippen LogP contribution in [0.3, 0.4) is 0 Å². The summed E-state index contributed by atoms with van der Waals surface area (Å²) in [5, 5.41) is 23.0. The number of hydrogen-bond acceptors (Lipinski definition) is 8. The lowest BCUT2D eigenvalue weighted by molar-refractivity contribution is -0.395. The molecule has 0 fully saturated rings. The van der Waals surface area contributed by atoms with Crippen molar-refractivity contribution in [3.63, 3.8) is 0 Å². The zero-order chi connectivity index (χ0) is 20.9. The van der Waals surface area contributed by atoms with Crippen LogP contribution in [0.1, 0.15) is 19.4 Å². The van der Waals surface area contributed by atoms with Gasteiger partial charge in [0.05, 0.1) is 28.3 Å². The van der Waals surface area contributed by atoms with Crippen molar-refractivity contribution < 1.29 is 32.5 Å². The van der Waals surface area contributed by atoms with E-state index in [1.807, 2.05) is 0 Å². The Morgan fingerprint density at radius 1 is 1.22 bits per heavy atom. The Balaban J connectivity index is 3.94. The summed E-state index contributed by atoms with van der Waals surface area (Å²) < 4.78 is 44.7. The molecule has 0 aromatic heterocycles. The van der Waals surface area contributed by atoms with Gasteiger partial charge in [0.25, 0.3) is 5.69 Å². The predicted molar refractivity (Wildman–Crippen MR) is 91.1 cm³/mol. The second-order valence-electron chi connectivity index (χ2n) is 5.02. The topological polar surface area (TPSA) is 116 Å². The Kier molecular flexibility index (Phi) is 7.39. The van der Waals surface area contributed by atoms with Crippen LogP contribution in [0.25, 0.3) is 0 Å². The molecule has 13 heteroatoms. The molecule has 0 saturated carbocycles. The Hall–Kier alpha value is -2.57. The molecule has 0 unspecified atom stereocenters. The van der Waals surface area contributed by atoms with Crippen molar-refractivity contribution in [2.24, 2.45) is 0 Å². The first-order valence-corrected chi connectivity index (χ1v) is 8.49. The fourth-order valence-corrected chi connectivity index (χ4v) is 3.35. The van der Waals surface area contributed by atoms with Gasteiger partial charge in [0.2, 0.25) is 0 Å². The Morgan fingerprint density at radius 2 is 1.78 bits per heavy atom. The molecule has 0 aliphatic rings. The highest BCUT2D eigenvalue weighted by Crippen LogP contribution is 2.50. The molecular formula is C14H16F3N3O6S. The van der Waals surface area contributed by atoms with Crippen LogP contribution < -0.4 is 4.90 Å². The van der Waals surface area contributed by atoms with Gasteiger partial charge in [0, 0.05) is 19.2 Å². The van der Waals surface area contributed by atoms with Gasteiger partial charge < -0.3 is 9.64 Å². The summed E-state index contributed by atoms with van der Waals surface area (Å²) in [5.74, 6) is -1.53. The smallest absolute Gasteiger partial charge is 0.417 e. The molecule has 0 spiro atoms. The first-order valence-electron chi connectivity index (χ1n) is 7.50. The van der Waals surface area contributed by atoms with Crippen LogP contribution in [0.2, 0.25) is 0 Å². The summed E-state index contributed by atoms with van der Waals surface area (Å²) in [6, 6.07) is 0.264. The van der Waals surface area contributed by atoms with Crippen molar-refractivity contribution in [3.05, 3.63) is 31.9 Å². The van der Waals surface area contributed by atoms with Crippen LogP contribution >= 0.6 is 11.8 Å². The standard InChI is InChI=1S/C14H16F3N3O6S/c1-4-18(5-2)11-9(19(22)23)6-8(14(15,16)17)13(12(11)20(24)25)27-7-10(21)26-3/h6H,4-5,7H2,1-3H3. The van der Waals surface area contributed by atoms with Gasteiger partial charge in [-0.3, -0.25) is 25.0 Å². The average Bonchev–Trinajstić information content (AvgIpc) is 2.58. The molecule has 0 aliphatic heterocycles. The third-order valence-corrected chi connectivity index (χ3v) is 4.62. The van der Waals surface area contributed by atoms with E-state index in [4.69, 9.17) is 0 Å². The van der Waals surface area contributed by atoms with Gasteiger partial charge >= 0.3 is 17.8 Å². The number of esters is 1. The molecular weight excluding hydrogens is 395 g/mol. The number of thioether (sulfide) groups is 1. The minimum absolute atomic E-state index is 0.0879. The van der Waals surface area contributed by atoms with Crippen LogP contribution in [0.15, 0.2) is 11.0 Å². The lowest BCUT2D eigenvalue weighted by atomic mass is 10.1. The fraction of sp³-hybridized carbons (Fsp3) is 0.500. The van der Waals surface area contributed by atoms with E-state index >= 15 is 0 Å². The third kappa shape index (κ3) is 4.99. The minimum atomic E-state index is -5.10. The monoisotopic (exact) mass is 411 g/mol. The second kappa shape index (κ2) is 8.88. The van der Waals surface area contributed by atoms with E-state index in [0.717, 1.165) is 7.11 Å². The zero-order valence-corrected chi connectivity index (χ0v) is 15.3. The molecule has 0 heterocycles. The van der Waals surface area contributed by atoms with Gasteiger partial charge in [-0.1, -0.05) is 0 Å². The number of carbonyl (C=O) groups is 1. The van der Waals surface area contributed by atoms with E-state index in [0.29, 0.717) is 0 Å². The lowest BCUT2D eigenvalue weighted by Gasteiger charge is -2.23. The van der Waals surface area contributed by atoms with Crippen molar-refractivity contribution in [1.82, 2.24) is 0 Å². The molecule has 1 aromatic rings. The number of rotatable bonds is 8. The SMILES string of the molecule is CCN(CC)c1c([N+](=O)[O-])cc(C(F)(F)F)c(SCC(=O)OC)c1[N+](=O)[O-]. The maximum absolute atomic E-state index is 13.4. The quantitative estimate of drug-likeness (QED) is 0.276. The maximum atomic E-state index is 13.4. The molecule has 9 nitrogen and oxygen atoms in total. The number of alkyl halides is 3. The molecule has 1 aromatic carbocycles. The van der Waals surface area contributed by atoms with Crippen molar-refractivity contribution in [2.45, 2.75) is 24.9 Å². The van der Waals surface area contributed by atoms with E-state index in [2.05, 4.69) is 4.74 Å². The zero-order valence-electron chi connectivity index (χ0n) is 14.5. The van der Waals surface area contributed by atoms with Gasteiger partial charge in [-0.2, -0.15) is 13.2 Å². The highest BCUT2D eigenvalue weighted by atomic mass is 32.2. The first kappa shape index (κ1) is 22.5. The molecule has 0 radical (unpaired) electrons.